The zero-order chi connectivity index (χ0) is 20.8. The molecule has 0 aliphatic carbocycles. The summed E-state index contributed by atoms with van der Waals surface area (Å²) in [5.41, 5.74) is 0.879. The van der Waals surface area contributed by atoms with E-state index in [4.69, 9.17) is 13.9 Å². The van der Waals surface area contributed by atoms with Gasteiger partial charge in [0.1, 0.15) is 5.76 Å². The second kappa shape index (κ2) is 9.35. The van der Waals surface area contributed by atoms with Gasteiger partial charge in [-0.15, -0.1) is 0 Å². The SMILES string of the molecule is O=C(/C=C/c1ccc2c(c1)OCO2)NCC1CCN(C(=O)/C=C/c2ccco2)CC1. The quantitative estimate of drug-likeness (QED) is 0.743. The van der Waals surface area contributed by atoms with Crippen LogP contribution in [0.4, 0.5) is 0 Å². The minimum Gasteiger partial charge on any atom is -0.465 e. The number of carbonyl (C=O) groups is 2. The van der Waals surface area contributed by atoms with Crippen molar-refractivity contribution in [1.82, 2.24) is 10.2 Å². The highest BCUT2D eigenvalue weighted by Gasteiger charge is 2.21. The van der Waals surface area contributed by atoms with Gasteiger partial charge in [-0.25, -0.2) is 0 Å². The van der Waals surface area contributed by atoms with Crippen LogP contribution in [0.5, 0.6) is 11.5 Å². The third kappa shape index (κ3) is 5.11. The van der Waals surface area contributed by atoms with Crippen molar-refractivity contribution in [1.29, 1.82) is 0 Å². The molecule has 1 N–H and O–H groups in total. The molecule has 156 valence electrons. The highest BCUT2D eigenvalue weighted by Crippen LogP contribution is 2.32. The van der Waals surface area contributed by atoms with Crippen molar-refractivity contribution in [2.75, 3.05) is 26.4 Å². The lowest BCUT2D eigenvalue weighted by Crippen LogP contribution is -2.40. The fraction of sp³-hybridized carbons (Fsp3) is 0.304. The van der Waals surface area contributed by atoms with Crippen LogP contribution in [-0.4, -0.2) is 43.1 Å². The molecule has 1 saturated heterocycles. The van der Waals surface area contributed by atoms with Crippen molar-refractivity contribution in [3.05, 3.63) is 60.1 Å². The van der Waals surface area contributed by atoms with E-state index in [1.54, 1.807) is 36.6 Å². The number of piperidine rings is 1. The van der Waals surface area contributed by atoms with E-state index < -0.39 is 0 Å². The van der Waals surface area contributed by atoms with Crippen molar-refractivity contribution in [2.24, 2.45) is 5.92 Å². The molecule has 30 heavy (non-hydrogen) atoms. The Balaban J connectivity index is 1.18. The maximum atomic E-state index is 12.3. The average molecular weight is 408 g/mol. The molecule has 2 aliphatic rings. The molecule has 0 atom stereocenters. The van der Waals surface area contributed by atoms with Gasteiger partial charge in [-0.1, -0.05) is 6.07 Å². The monoisotopic (exact) mass is 408 g/mol. The highest BCUT2D eigenvalue weighted by atomic mass is 16.7. The van der Waals surface area contributed by atoms with Gasteiger partial charge < -0.3 is 24.1 Å². The molecule has 0 bridgehead atoms. The van der Waals surface area contributed by atoms with Gasteiger partial charge in [0.15, 0.2) is 11.5 Å². The second-order valence-corrected chi connectivity index (χ2v) is 7.31. The normalized spacial score (nSPS) is 16.5. The number of hydrogen-bond donors (Lipinski definition) is 1. The predicted molar refractivity (Wildman–Crippen MR) is 112 cm³/mol. The van der Waals surface area contributed by atoms with Gasteiger partial charge in [0.25, 0.3) is 0 Å². The van der Waals surface area contributed by atoms with E-state index in [2.05, 4.69) is 5.32 Å². The Labute approximate surface area is 174 Å². The molecule has 1 fully saturated rings. The highest BCUT2D eigenvalue weighted by molar-refractivity contribution is 5.92. The van der Waals surface area contributed by atoms with E-state index in [0.717, 1.165) is 24.2 Å². The van der Waals surface area contributed by atoms with E-state index in [0.29, 0.717) is 37.1 Å². The molecule has 0 saturated carbocycles. The van der Waals surface area contributed by atoms with Crippen LogP contribution in [0.2, 0.25) is 0 Å². The van der Waals surface area contributed by atoms with Gasteiger partial charge in [0, 0.05) is 31.8 Å². The molecule has 3 heterocycles. The Morgan fingerprint density at radius 3 is 2.70 bits per heavy atom. The predicted octanol–water partition coefficient (Wildman–Crippen LogP) is 3.09. The number of amides is 2. The van der Waals surface area contributed by atoms with Gasteiger partial charge in [-0.05, 0) is 60.7 Å². The molecule has 2 aliphatic heterocycles. The van der Waals surface area contributed by atoms with Crippen LogP contribution < -0.4 is 14.8 Å². The molecule has 0 spiro atoms. The van der Waals surface area contributed by atoms with Crippen molar-refractivity contribution in [3.63, 3.8) is 0 Å². The Morgan fingerprint density at radius 1 is 1.07 bits per heavy atom. The number of likely N-dealkylation sites (tertiary alicyclic amines) is 1. The molecule has 0 radical (unpaired) electrons. The fourth-order valence-corrected chi connectivity index (χ4v) is 3.49. The number of ether oxygens (including phenoxy) is 2. The number of nitrogens with one attached hydrogen (secondary N) is 1. The third-order valence-corrected chi connectivity index (χ3v) is 5.25. The van der Waals surface area contributed by atoms with E-state index in [1.165, 1.54) is 6.08 Å². The summed E-state index contributed by atoms with van der Waals surface area (Å²) in [7, 11) is 0. The molecular formula is C23H24N2O5. The van der Waals surface area contributed by atoms with E-state index >= 15 is 0 Å². The maximum Gasteiger partial charge on any atom is 0.246 e. The average Bonchev–Trinajstić information content (AvgIpc) is 3.46. The molecule has 7 nitrogen and oxygen atoms in total. The number of rotatable bonds is 6. The Morgan fingerprint density at radius 2 is 1.90 bits per heavy atom. The van der Waals surface area contributed by atoms with Crippen molar-refractivity contribution in [3.8, 4) is 11.5 Å². The van der Waals surface area contributed by atoms with Crippen LogP contribution in [0.15, 0.2) is 53.2 Å². The first kappa shape index (κ1) is 19.8. The first-order valence-corrected chi connectivity index (χ1v) is 10.0. The lowest BCUT2D eigenvalue weighted by molar-refractivity contribution is -0.127. The summed E-state index contributed by atoms with van der Waals surface area (Å²) in [4.78, 5) is 26.2. The summed E-state index contributed by atoms with van der Waals surface area (Å²) in [5.74, 6) is 2.30. The minimum atomic E-state index is -0.132. The lowest BCUT2D eigenvalue weighted by atomic mass is 9.96. The number of nitrogens with zero attached hydrogens (tertiary/aromatic N) is 1. The molecule has 1 aromatic carbocycles. The van der Waals surface area contributed by atoms with Crippen LogP contribution >= 0.6 is 0 Å². The van der Waals surface area contributed by atoms with Crippen LogP contribution in [-0.2, 0) is 9.59 Å². The van der Waals surface area contributed by atoms with Crippen LogP contribution in [0.1, 0.15) is 24.2 Å². The number of hydrogen-bond acceptors (Lipinski definition) is 5. The van der Waals surface area contributed by atoms with Gasteiger partial charge in [-0.2, -0.15) is 0 Å². The molecule has 4 rings (SSSR count). The van der Waals surface area contributed by atoms with Gasteiger partial charge >= 0.3 is 0 Å². The number of furan rings is 1. The smallest absolute Gasteiger partial charge is 0.246 e. The lowest BCUT2D eigenvalue weighted by Gasteiger charge is -2.31. The second-order valence-electron chi connectivity index (χ2n) is 7.31. The first-order valence-electron chi connectivity index (χ1n) is 10.0. The summed E-state index contributed by atoms with van der Waals surface area (Å²) in [6, 6.07) is 9.15. The van der Waals surface area contributed by atoms with E-state index in [1.807, 2.05) is 23.1 Å². The van der Waals surface area contributed by atoms with Crippen LogP contribution in [0.3, 0.4) is 0 Å². The minimum absolute atomic E-state index is 0.0134. The standard InChI is InChI=1S/C23H24N2O5/c26-22(7-4-17-3-6-20-21(14-17)30-16-29-20)24-15-18-9-11-25(12-10-18)23(27)8-5-19-2-1-13-28-19/h1-8,13-14,18H,9-12,15-16H2,(H,24,26)/b7-4+,8-5+. The zero-order valence-electron chi connectivity index (χ0n) is 16.6. The summed E-state index contributed by atoms with van der Waals surface area (Å²) in [5, 5.41) is 2.95. The zero-order valence-corrected chi connectivity index (χ0v) is 16.6. The van der Waals surface area contributed by atoms with Crippen molar-refractivity contribution in [2.45, 2.75) is 12.8 Å². The summed E-state index contributed by atoms with van der Waals surface area (Å²) in [6.07, 6.45) is 9.82. The third-order valence-electron chi connectivity index (χ3n) is 5.25. The van der Waals surface area contributed by atoms with Gasteiger partial charge in [-0.3, -0.25) is 9.59 Å². The summed E-state index contributed by atoms with van der Waals surface area (Å²) in [6.45, 7) is 2.21. The van der Waals surface area contributed by atoms with Crippen LogP contribution in [0, 0.1) is 5.92 Å². The summed E-state index contributed by atoms with van der Waals surface area (Å²) < 4.78 is 15.8. The molecule has 7 heteroatoms. The van der Waals surface area contributed by atoms with Crippen molar-refractivity contribution < 1.29 is 23.5 Å². The molecule has 2 aromatic rings. The Kier molecular flexibility index (Phi) is 6.17. The Hall–Kier alpha value is -3.48. The van der Waals surface area contributed by atoms with Crippen molar-refractivity contribution >= 4 is 24.0 Å². The fourth-order valence-electron chi connectivity index (χ4n) is 3.49. The largest absolute Gasteiger partial charge is 0.465 e. The van der Waals surface area contributed by atoms with Crippen LogP contribution in [0.25, 0.3) is 12.2 Å². The topological polar surface area (TPSA) is 81.0 Å². The number of benzene rings is 1. The van der Waals surface area contributed by atoms with E-state index in [-0.39, 0.29) is 18.6 Å². The molecule has 0 unspecified atom stereocenters. The number of fused-ring (bicyclic) bond motifs is 1. The molecule has 1 aromatic heterocycles. The van der Waals surface area contributed by atoms with E-state index in [9.17, 15) is 9.59 Å². The summed E-state index contributed by atoms with van der Waals surface area (Å²) >= 11 is 0. The number of carbonyl (C=O) groups excluding carboxylic acids is 2. The van der Waals surface area contributed by atoms with Gasteiger partial charge in [0.2, 0.25) is 18.6 Å². The first-order chi connectivity index (χ1) is 14.7. The van der Waals surface area contributed by atoms with Gasteiger partial charge in [0.05, 0.1) is 6.26 Å². The molecule has 2 amide bonds. The molecular weight excluding hydrogens is 384 g/mol. The maximum absolute atomic E-state index is 12.3. The Bertz CT molecular complexity index is 941.